The first-order chi connectivity index (χ1) is 13.5. The molecule has 0 radical (unpaired) electrons. The molecule has 0 aromatic heterocycles. The molecule has 0 amide bonds. The van der Waals surface area contributed by atoms with Crippen LogP contribution in [0.5, 0.6) is 11.5 Å². The van der Waals surface area contributed by atoms with Crippen LogP contribution in [0.3, 0.4) is 0 Å². The molecule has 3 aromatic carbocycles. The van der Waals surface area contributed by atoms with Crippen molar-refractivity contribution in [3.63, 3.8) is 0 Å². The Balaban J connectivity index is 1.88. The van der Waals surface area contributed by atoms with Crippen LogP contribution in [0.15, 0.2) is 42.5 Å². The lowest BCUT2D eigenvalue weighted by Gasteiger charge is -2.35. The van der Waals surface area contributed by atoms with Gasteiger partial charge in [-0.25, -0.2) is 13.2 Å². The van der Waals surface area contributed by atoms with E-state index < -0.39 is 23.6 Å². The van der Waals surface area contributed by atoms with Gasteiger partial charge in [0.25, 0.3) is 0 Å². The number of nitrogens with two attached hydrogens (primary N) is 1. The van der Waals surface area contributed by atoms with Crippen molar-refractivity contribution >= 4 is 10.8 Å². The van der Waals surface area contributed by atoms with E-state index in [-0.39, 0.29) is 11.5 Å². The molecule has 4 rings (SSSR count). The van der Waals surface area contributed by atoms with E-state index in [9.17, 15) is 13.2 Å². The van der Waals surface area contributed by atoms with Gasteiger partial charge in [0.05, 0.1) is 7.11 Å². The molecular formula is C22H20F3NO2. The van der Waals surface area contributed by atoms with E-state index in [0.717, 1.165) is 28.2 Å². The quantitative estimate of drug-likeness (QED) is 0.647. The summed E-state index contributed by atoms with van der Waals surface area (Å²) in [6, 6.07) is 11.0. The zero-order valence-corrected chi connectivity index (χ0v) is 15.3. The maximum Gasteiger partial charge on any atom is 0.161 e. The lowest BCUT2D eigenvalue weighted by Crippen LogP contribution is -2.29. The second kappa shape index (κ2) is 7.36. The van der Waals surface area contributed by atoms with E-state index in [0.29, 0.717) is 31.2 Å². The largest absolute Gasteiger partial charge is 0.496 e. The topological polar surface area (TPSA) is 44.5 Å². The van der Waals surface area contributed by atoms with Gasteiger partial charge in [-0.2, -0.15) is 0 Å². The standard InChI is InChI=1S/C22H20F3NO2/c1-27-20-9-13-8-12(6-7-26)21(16-10-18(24)19(25)11-17(16)23)28-22(13)15-5-3-2-4-14(15)20/h2-5,9-12,21H,6-8,26H2,1H3. The van der Waals surface area contributed by atoms with Crippen molar-refractivity contribution in [2.45, 2.75) is 18.9 Å². The molecule has 146 valence electrons. The number of hydrogen-bond acceptors (Lipinski definition) is 3. The maximum absolute atomic E-state index is 14.5. The number of fused-ring (bicyclic) bond motifs is 3. The molecule has 0 fully saturated rings. The average molecular weight is 387 g/mol. The van der Waals surface area contributed by atoms with E-state index in [1.54, 1.807) is 7.11 Å². The molecule has 0 saturated carbocycles. The van der Waals surface area contributed by atoms with Gasteiger partial charge in [-0.1, -0.05) is 24.3 Å². The van der Waals surface area contributed by atoms with E-state index in [4.69, 9.17) is 15.2 Å². The zero-order chi connectivity index (χ0) is 19.8. The number of rotatable bonds is 4. The van der Waals surface area contributed by atoms with Crippen molar-refractivity contribution in [3.05, 3.63) is 71.0 Å². The van der Waals surface area contributed by atoms with Gasteiger partial charge in [-0.3, -0.25) is 0 Å². The van der Waals surface area contributed by atoms with E-state index in [1.165, 1.54) is 0 Å². The van der Waals surface area contributed by atoms with Gasteiger partial charge in [0.2, 0.25) is 0 Å². The Morgan fingerprint density at radius 3 is 2.46 bits per heavy atom. The molecule has 3 nitrogen and oxygen atoms in total. The normalized spacial score (nSPS) is 18.6. The molecule has 6 heteroatoms. The van der Waals surface area contributed by atoms with Crippen molar-refractivity contribution in [1.29, 1.82) is 0 Å². The summed E-state index contributed by atoms with van der Waals surface area (Å²) in [6.45, 7) is 0.371. The van der Waals surface area contributed by atoms with Crippen LogP contribution in [0, 0.1) is 23.4 Å². The highest BCUT2D eigenvalue weighted by Crippen LogP contribution is 2.46. The fourth-order valence-electron chi connectivity index (χ4n) is 3.98. The number of methoxy groups -OCH3 is 1. The van der Waals surface area contributed by atoms with E-state index in [2.05, 4.69) is 0 Å². The molecule has 0 aliphatic carbocycles. The van der Waals surface area contributed by atoms with Gasteiger partial charge in [0.15, 0.2) is 11.6 Å². The highest BCUT2D eigenvalue weighted by Gasteiger charge is 2.34. The second-order valence-corrected chi connectivity index (χ2v) is 6.98. The SMILES string of the molecule is COc1cc2c(c3ccccc13)OC(c1cc(F)c(F)cc1F)C(CCN)C2. The Bertz CT molecular complexity index is 1040. The maximum atomic E-state index is 14.5. The summed E-state index contributed by atoms with van der Waals surface area (Å²) in [5, 5.41) is 1.70. The lowest BCUT2D eigenvalue weighted by molar-refractivity contribution is 0.107. The van der Waals surface area contributed by atoms with Crippen molar-refractivity contribution in [3.8, 4) is 11.5 Å². The molecule has 3 aromatic rings. The Hall–Kier alpha value is -2.73. The summed E-state index contributed by atoms with van der Waals surface area (Å²) in [5.41, 5.74) is 6.68. The van der Waals surface area contributed by atoms with Crippen LogP contribution < -0.4 is 15.2 Å². The molecule has 1 aliphatic rings. The van der Waals surface area contributed by atoms with Gasteiger partial charge >= 0.3 is 0 Å². The van der Waals surface area contributed by atoms with Crippen LogP contribution in [0.4, 0.5) is 13.2 Å². The van der Waals surface area contributed by atoms with Gasteiger partial charge in [0, 0.05) is 28.3 Å². The smallest absolute Gasteiger partial charge is 0.161 e. The number of hydrogen-bond donors (Lipinski definition) is 1. The minimum atomic E-state index is -1.22. The molecule has 28 heavy (non-hydrogen) atoms. The fraction of sp³-hybridized carbons (Fsp3) is 0.273. The van der Waals surface area contributed by atoms with Crippen molar-refractivity contribution in [1.82, 2.24) is 0 Å². The van der Waals surface area contributed by atoms with Crippen LogP contribution in [-0.2, 0) is 6.42 Å². The monoisotopic (exact) mass is 387 g/mol. The third kappa shape index (κ3) is 3.07. The molecule has 0 spiro atoms. The average Bonchev–Trinajstić information content (AvgIpc) is 2.70. The van der Waals surface area contributed by atoms with Gasteiger partial charge < -0.3 is 15.2 Å². The minimum absolute atomic E-state index is 0.00268. The molecule has 0 bridgehead atoms. The van der Waals surface area contributed by atoms with Crippen molar-refractivity contribution < 1.29 is 22.6 Å². The highest BCUT2D eigenvalue weighted by molar-refractivity contribution is 5.94. The molecule has 0 saturated heterocycles. The predicted octanol–water partition coefficient (Wildman–Crippen LogP) is 4.91. The molecule has 1 heterocycles. The molecule has 2 atom stereocenters. The molecule has 1 aliphatic heterocycles. The third-order valence-electron chi connectivity index (χ3n) is 5.29. The second-order valence-electron chi connectivity index (χ2n) is 6.98. The van der Waals surface area contributed by atoms with Crippen LogP contribution in [0.1, 0.15) is 23.7 Å². The van der Waals surface area contributed by atoms with Crippen molar-refractivity contribution in [2.24, 2.45) is 11.7 Å². The van der Waals surface area contributed by atoms with E-state index >= 15 is 0 Å². The summed E-state index contributed by atoms with van der Waals surface area (Å²) < 4.78 is 53.5. The van der Waals surface area contributed by atoms with Crippen LogP contribution in [-0.4, -0.2) is 13.7 Å². The van der Waals surface area contributed by atoms with Crippen LogP contribution >= 0.6 is 0 Å². The van der Waals surface area contributed by atoms with Crippen LogP contribution in [0.25, 0.3) is 10.8 Å². The fourth-order valence-corrected chi connectivity index (χ4v) is 3.98. The number of halogens is 3. The first kappa shape index (κ1) is 18.6. The Morgan fingerprint density at radius 2 is 1.75 bits per heavy atom. The Kier molecular flexibility index (Phi) is 4.89. The Labute approximate surface area is 160 Å². The van der Waals surface area contributed by atoms with Crippen LogP contribution in [0.2, 0.25) is 0 Å². The first-order valence-electron chi connectivity index (χ1n) is 9.13. The predicted molar refractivity (Wildman–Crippen MR) is 101 cm³/mol. The molecule has 2 N–H and O–H groups in total. The van der Waals surface area contributed by atoms with Crippen molar-refractivity contribution in [2.75, 3.05) is 13.7 Å². The number of ether oxygens (including phenoxy) is 2. The Morgan fingerprint density at radius 1 is 1.04 bits per heavy atom. The van der Waals surface area contributed by atoms with Gasteiger partial charge in [-0.05, 0) is 37.1 Å². The third-order valence-corrected chi connectivity index (χ3v) is 5.29. The lowest BCUT2D eigenvalue weighted by atomic mass is 9.83. The summed E-state index contributed by atoms with van der Waals surface area (Å²) in [4.78, 5) is 0. The summed E-state index contributed by atoms with van der Waals surface area (Å²) in [7, 11) is 1.61. The van der Waals surface area contributed by atoms with Gasteiger partial charge in [-0.15, -0.1) is 0 Å². The van der Waals surface area contributed by atoms with Gasteiger partial charge in [0.1, 0.15) is 23.4 Å². The molecule has 2 unspecified atom stereocenters. The first-order valence-corrected chi connectivity index (χ1v) is 9.13. The zero-order valence-electron chi connectivity index (χ0n) is 15.3. The molecular weight excluding hydrogens is 367 g/mol. The summed E-state index contributed by atoms with van der Waals surface area (Å²) in [6.07, 6.45) is 0.358. The highest BCUT2D eigenvalue weighted by atomic mass is 19.2. The van der Waals surface area contributed by atoms with E-state index in [1.807, 2.05) is 30.3 Å². The summed E-state index contributed by atoms with van der Waals surface area (Å²) in [5.74, 6) is -1.99. The minimum Gasteiger partial charge on any atom is -0.496 e. The number of benzene rings is 3. The summed E-state index contributed by atoms with van der Waals surface area (Å²) >= 11 is 0.